The van der Waals surface area contributed by atoms with E-state index in [4.69, 9.17) is 0 Å². The van der Waals surface area contributed by atoms with Crippen LogP contribution >= 0.6 is 0 Å². The van der Waals surface area contributed by atoms with Gasteiger partial charge in [0.1, 0.15) is 0 Å². The molecule has 0 radical (unpaired) electrons. The zero-order valence-corrected chi connectivity index (χ0v) is 12.4. The Hall–Kier alpha value is -2.29. The second-order valence-corrected chi connectivity index (χ2v) is 5.56. The maximum Gasteiger partial charge on any atom is 0.172 e. The molecule has 21 heavy (non-hydrogen) atoms. The molecule has 0 unspecified atom stereocenters. The number of carbonyl (C=O) groups is 2. The first kappa shape index (κ1) is 15.1. The molecular formula is C18H19NO2. The summed E-state index contributed by atoms with van der Waals surface area (Å²) in [6.45, 7) is 4.32. The van der Waals surface area contributed by atoms with Crippen molar-refractivity contribution in [2.24, 2.45) is 5.92 Å². The van der Waals surface area contributed by atoms with Crippen LogP contribution in [0.2, 0.25) is 0 Å². The first-order valence-corrected chi connectivity index (χ1v) is 7.11. The highest BCUT2D eigenvalue weighted by molar-refractivity contribution is 6.13. The van der Waals surface area contributed by atoms with Crippen molar-refractivity contribution < 1.29 is 9.59 Å². The molecule has 0 bridgehead atoms. The molecule has 0 fully saturated rings. The minimum absolute atomic E-state index is 0.116. The van der Waals surface area contributed by atoms with Crippen molar-refractivity contribution in [3.05, 3.63) is 65.5 Å². The molecule has 0 aliphatic carbocycles. The Morgan fingerprint density at radius 2 is 1.67 bits per heavy atom. The second kappa shape index (κ2) is 6.93. The number of rotatable bonds is 6. The van der Waals surface area contributed by atoms with Crippen LogP contribution in [0.25, 0.3) is 0 Å². The van der Waals surface area contributed by atoms with Gasteiger partial charge in [-0.3, -0.25) is 14.6 Å². The SMILES string of the molecule is CC(C)Cc1ccc(C(=O)CC(=O)c2cccnc2)cc1. The van der Waals surface area contributed by atoms with Crippen LogP contribution in [0.15, 0.2) is 48.8 Å². The monoisotopic (exact) mass is 281 g/mol. The van der Waals surface area contributed by atoms with Gasteiger partial charge in [0.05, 0.1) is 6.42 Å². The van der Waals surface area contributed by atoms with E-state index in [9.17, 15) is 9.59 Å². The minimum atomic E-state index is -0.195. The van der Waals surface area contributed by atoms with E-state index >= 15 is 0 Å². The van der Waals surface area contributed by atoms with Crippen LogP contribution in [0.1, 0.15) is 46.5 Å². The third-order valence-electron chi connectivity index (χ3n) is 3.22. The number of ketones is 2. The summed E-state index contributed by atoms with van der Waals surface area (Å²) < 4.78 is 0. The highest BCUT2D eigenvalue weighted by atomic mass is 16.1. The predicted molar refractivity (Wildman–Crippen MR) is 82.5 cm³/mol. The minimum Gasteiger partial charge on any atom is -0.294 e. The van der Waals surface area contributed by atoms with E-state index in [1.165, 1.54) is 11.8 Å². The van der Waals surface area contributed by atoms with Gasteiger partial charge in [-0.25, -0.2) is 0 Å². The van der Waals surface area contributed by atoms with Gasteiger partial charge < -0.3 is 0 Å². The van der Waals surface area contributed by atoms with E-state index in [-0.39, 0.29) is 18.0 Å². The number of pyridine rings is 1. The third-order valence-corrected chi connectivity index (χ3v) is 3.22. The lowest BCUT2D eigenvalue weighted by molar-refractivity contribution is 0.0894. The average Bonchev–Trinajstić information content (AvgIpc) is 2.48. The van der Waals surface area contributed by atoms with Gasteiger partial charge in [-0.2, -0.15) is 0 Å². The lowest BCUT2D eigenvalue weighted by Crippen LogP contribution is -2.09. The van der Waals surface area contributed by atoms with Crippen molar-refractivity contribution in [2.75, 3.05) is 0 Å². The average molecular weight is 281 g/mol. The van der Waals surface area contributed by atoms with E-state index in [1.54, 1.807) is 30.5 Å². The fraction of sp³-hybridized carbons (Fsp3) is 0.278. The van der Waals surface area contributed by atoms with Crippen LogP contribution < -0.4 is 0 Å². The number of nitrogens with zero attached hydrogens (tertiary/aromatic N) is 1. The molecule has 0 atom stereocenters. The molecule has 108 valence electrons. The van der Waals surface area contributed by atoms with Crippen LogP contribution in [0.3, 0.4) is 0 Å². The molecule has 1 heterocycles. The summed E-state index contributed by atoms with van der Waals surface area (Å²) in [5, 5.41) is 0. The van der Waals surface area contributed by atoms with Gasteiger partial charge >= 0.3 is 0 Å². The van der Waals surface area contributed by atoms with E-state index in [1.807, 2.05) is 12.1 Å². The molecule has 0 saturated carbocycles. The summed E-state index contributed by atoms with van der Waals surface area (Å²) in [6, 6.07) is 10.9. The van der Waals surface area contributed by atoms with E-state index in [0.29, 0.717) is 17.0 Å². The molecule has 0 N–H and O–H groups in total. The molecule has 3 heteroatoms. The largest absolute Gasteiger partial charge is 0.294 e. The van der Waals surface area contributed by atoms with Gasteiger partial charge in [0.25, 0.3) is 0 Å². The lowest BCUT2D eigenvalue weighted by Gasteiger charge is -2.06. The standard InChI is InChI=1S/C18H19NO2/c1-13(2)10-14-5-7-15(8-6-14)17(20)11-18(21)16-4-3-9-19-12-16/h3-9,12-13H,10-11H2,1-2H3. The molecule has 0 spiro atoms. The number of aromatic nitrogens is 1. The summed E-state index contributed by atoms with van der Waals surface area (Å²) in [4.78, 5) is 28.0. The first-order valence-electron chi connectivity index (χ1n) is 7.11. The summed E-state index contributed by atoms with van der Waals surface area (Å²) >= 11 is 0. The molecule has 1 aromatic carbocycles. The lowest BCUT2D eigenvalue weighted by atomic mass is 9.98. The van der Waals surface area contributed by atoms with Crippen LogP contribution in [0.5, 0.6) is 0 Å². The highest BCUT2D eigenvalue weighted by Crippen LogP contribution is 2.12. The number of benzene rings is 1. The Kier molecular flexibility index (Phi) is 4.99. The van der Waals surface area contributed by atoms with Crippen molar-refractivity contribution in [3.8, 4) is 0 Å². The number of carbonyl (C=O) groups excluding carboxylic acids is 2. The topological polar surface area (TPSA) is 47.0 Å². The van der Waals surface area contributed by atoms with Crippen molar-refractivity contribution in [1.29, 1.82) is 0 Å². The van der Waals surface area contributed by atoms with Crippen LogP contribution in [0, 0.1) is 5.92 Å². The fourth-order valence-electron chi connectivity index (χ4n) is 2.18. The van der Waals surface area contributed by atoms with Gasteiger partial charge in [-0.15, -0.1) is 0 Å². The van der Waals surface area contributed by atoms with Gasteiger partial charge in [-0.05, 0) is 30.0 Å². The number of hydrogen-bond donors (Lipinski definition) is 0. The second-order valence-electron chi connectivity index (χ2n) is 5.56. The molecule has 0 saturated heterocycles. The fourth-order valence-corrected chi connectivity index (χ4v) is 2.18. The number of hydrogen-bond acceptors (Lipinski definition) is 3. The Bertz CT molecular complexity index is 615. The summed E-state index contributed by atoms with van der Waals surface area (Å²) in [7, 11) is 0. The van der Waals surface area contributed by atoms with E-state index in [0.717, 1.165) is 6.42 Å². The Morgan fingerprint density at radius 3 is 2.24 bits per heavy atom. The quantitative estimate of drug-likeness (QED) is 0.598. The van der Waals surface area contributed by atoms with Gasteiger partial charge in [0.15, 0.2) is 11.6 Å². The predicted octanol–water partition coefficient (Wildman–Crippen LogP) is 3.74. The van der Waals surface area contributed by atoms with Crippen LogP contribution in [-0.2, 0) is 6.42 Å². The van der Waals surface area contributed by atoms with Gasteiger partial charge in [0, 0.05) is 23.5 Å². The normalized spacial score (nSPS) is 10.6. The summed E-state index contributed by atoms with van der Waals surface area (Å²) in [5.74, 6) is 0.234. The van der Waals surface area contributed by atoms with Crippen LogP contribution in [0.4, 0.5) is 0 Å². The number of Topliss-reactive ketones (excluding diaryl/α,β-unsaturated/α-hetero) is 2. The molecule has 3 nitrogen and oxygen atoms in total. The molecule has 0 amide bonds. The Labute approximate surface area is 125 Å². The summed E-state index contributed by atoms with van der Waals surface area (Å²) in [6.07, 6.45) is 3.96. The smallest absolute Gasteiger partial charge is 0.172 e. The van der Waals surface area contributed by atoms with Crippen molar-refractivity contribution >= 4 is 11.6 Å². The molecular weight excluding hydrogens is 262 g/mol. The zero-order valence-electron chi connectivity index (χ0n) is 12.4. The first-order chi connectivity index (χ1) is 10.1. The van der Waals surface area contributed by atoms with E-state index < -0.39 is 0 Å². The highest BCUT2D eigenvalue weighted by Gasteiger charge is 2.13. The Morgan fingerprint density at radius 1 is 1.00 bits per heavy atom. The third kappa shape index (κ3) is 4.35. The van der Waals surface area contributed by atoms with Gasteiger partial charge in [0.2, 0.25) is 0 Å². The van der Waals surface area contributed by atoms with Crippen molar-refractivity contribution in [2.45, 2.75) is 26.7 Å². The molecule has 2 aromatic rings. The maximum atomic E-state index is 12.1. The molecule has 0 aliphatic heterocycles. The van der Waals surface area contributed by atoms with Crippen molar-refractivity contribution in [3.63, 3.8) is 0 Å². The Balaban J connectivity index is 2.02. The van der Waals surface area contributed by atoms with Gasteiger partial charge in [-0.1, -0.05) is 38.1 Å². The van der Waals surface area contributed by atoms with E-state index in [2.05, 4.69) is 18.8 Å². The van der Waals surface area contributed by atoms with Crippen molar-refractivity contribution in [1.82, 2.24) is 4.98 Å². The zero-order chi connectivity index (χ0) is 15.2. The molecule has 2 rings (SSSR count). The maximum absolute atomic E-state index is 12.1. The molecule has 1 aromatic heterocycles. The summed E-state index contributed by atoms with van der Waals surface area (Å²) in [5.41, 5.74) is 2.27. The molecule has 0 aliphatic rings. The van der Waals surface area contributed by atoms with Crippen LogP contribution in [-0.4, -0.2) is 16.6 Å².